The Morgan fingerprint density at radius 1 is 1.00 bits per heavy atom. The van der Waals surface area contributed by atoms with Gasteiger partial charge in [0, 0.05) is 6.42 Å². The molecule has 0 fully saturated rings. The maximum absolute atomic E-state index is 11.2. The molecule has 0 aromatic carbocycles. The molecule has 0 amide bonds. The van der Waals surface area contributed by atoms with Crippen molar-refractivity contribution in [3.63, 3.8) is 0 Å². The number of carbonyl (C=O) groups is 1. The molecule has 0 aromatic heterocycles. The number of rotatable bonds is 9. The van der Waals surface area contributed by atoms with Gasteiger partial charge in [-0.2, -0.15) is 0 Å². The molecule has 0 spiro atoms. The monoisotopic (exact) mass is 230 g/mol. The second-order valence-electron chi connectivity index (χ2n) is 4.41. The van der Waals surface area contributed by atoms with E-state index >= 15 is 0 Å². The molecule has 0 bridgehead atoms. The Bertz CT molecular complexity index is 158. The van der Waals surface area contributed by atoms with Crippen molar-refractivity contribution in [2.75, 3.05) is 0 Å². The van der Waals surface area contributed by atoms with Crippen LogP contribution in [0.5, 0.6) is 0 Å². The molecule has 0 aliphatic heterocycles. The van der Waals surface area contributed by atoms with Gasteiger partial charge < -0.3 is 4.43 Å². The largest absolute Gasteiger partial charge is 0.523 e. The Hall–Kier alpha value is -0.313. The predicted octanol–water partition coefficient (Wildman–Crippen LogP) is 3.65. The van der Waals surface area contributed by atoms with Gasteiger partial charge in [-0.3, -0.25) is 4.79 Å². The van der Waals surface area contributed by atoms with Crippen LogP contribution in [0.2, 0.25) is 13.1 Å². The van der Waals surface area contributed by atoms with Crippen LogP contribution >= 0.6 is 0 Å². The van der Waals surface area contributed by atoms with Gasteiger partial charge in [0.25, 0.3) is 5.97 Å². The van der Waals surface area contributed by atoms with Crippen LogP contribution in [0.3, 0.4) is 0 Å². The van der Waals surface area contributed by atoms with Gasteiger partial charge in [0.15, 0.2) is 0 Å². The van der Waals surface area contributed by atoms with Crippen molar-refractivity contribution in [3.8, 4) is 0 Å². The molecule has 15 heavy (non-hydrogen) atoms. The molecule has 0 heterocycles. The second-order valence-corrected chi connectivity index (χ2v) is 6.74. The standard InChI is InChI=1S/C12H26O2Si/c1-4-5-6-7-8-9-10-11-12(13)14-15(2)3/h15H,4-11H2,1-3H3. The van der Waals surface area contributed by atoms with E-state index in [2.05, 4.69) is 6.92 Å². The van der Waals surface area contributed by atoms with Crippen LogP contribution in [0.4, 0.5) is 0 Å². The molecule has 0 aliphatic carbocycles. The number of unbranched alkanes of at least 4 members (excludes halogenated alkanes) is 6. The first-order valence-corrected chi connectivity index (χ1v) is 9.14. The van der Waals surface area contributed by atoms with Gasteiger partial charge in [-0.25, -0.2) is 0 Å². The predicted molar refractivity (Wildman–Crippen MR) is 67.6 cm³/mol. The minimum atomic E-state index is -1.15. The molecule has 0 unspecified atom stereocenters. The first-order valence-electron chi connectivity index (χ1n) is 6.36. The summed E-state index contributed by atoms with van der Waals surface area (Å²) in [6.07, 6.45) is 9.39. The average molecular weight is 230 g/mol. The zero-order chi connectivity index (χ0) is 11.5. The Balaban J connectivity index is 3.13. The number of hydrogen-bond acceptors (Lipinski definition) is 2. The Morgan fingerprint density at radius 2 is 1.53 bits per heavy atom. The molecule has 0 aromatic rings. The lowest BCUT2D eigenvalue weighted by Gasteiger charge is -2.06. The topological polar surface area (TPSA) is 26.3 Å². The lowest BCUT2D eigenvalue weighted by molar-refractivity contribution is -0.134. The summed E-state index contributed by atoms with van der Waals surface area (Å²) in [4.78, 5) is 11.2. The highest BCUT2D eigenvalue weighted by Crippen LogP contribution is 2.08. The zero-order valence-corrected chi connectivity index (χ0v) is 11.7. The van der Waals surface area contributed by atoms with E-state index in [0.29, 0.717) is 6.42 Å². The Kier molecular flexibility index (Phi) is 10.00. The molecule has 0 radical (unpaired) electrons. The van der Waals surface area contributed by atoms with Gasteiger partial charge in [0.1, 0.15) is 0 Å². The minimum absolute atomic E-state index is 0.0187. The second kappa shape index (κ2) is 10.2. The van der Waals surface area contributed by atoms with E-state index < -0.39 is 9.04 Å². The first-order chi connectivity index (χ1) is 7.16. The number of hydrogen-bond donors (Lipinski definition) is 0. The fourth-order valence-corrected chi connectivity index (χ4v) is 2.19. The van der Waals surface area contributed by atoms with Crippen molar-refractivity contribution in [1.82, 2.24) is 0 Å². The highest BCUT2D eigenvalue weighted by molar-refractivity contribution is 6.50. The average Bonchev–Trinajstić information content (AvgIpc) is 2.15. The molecule has 2 nitrogen and oxygen atoms in total. The van der Waals surface area contributed by atoms with Crippen molar-refractivity contribution in [2.24, 2.45) is 0 Å². The van der Waals surface area contributed by atoms with E-state index in [4.69, 9.17) is 4.43 Å². The lowest BCUT2D eigenvalue weighted by Crippen LogP contribution is -2.14. The highest BCUT2D eigenvalue weighted by atomic mass is 28.3. The van der Waals surface area contributed by atoms with E-state index in [1.54, 1.807) is 0 Å². The molecule has 90 valence electrons. The minimum Gasteiger partial charge on any atom is -0.523 e. The fourth-order valence-electron chi connectivity index (χ4n) is 1.55. The van der Waals surface area contributed by atoms with Crippen LogP contribution in [0.25, 0.3) is 0 Å². The van der Waals surface area contributed by atoms with E-state index in [9.17, 15) is 4.79 Å². The third-order valence-corrected chi connectivity index (χ3v) is 3.09. The Labute approximate surface area is 96.1 Å². The van der Waals surface area contributed by atoms with E-state index in [-0.39, 0.29) is 5.97 Å². The summed E-state index contributed by atoms with van der Waals surface area (Å²) in [5.74, 6) is 0.0187. The van der Waals surface area contributed by atoms with Gasteiger partial charge in [-0.1, -0.05) is 45.4 Å². The van der Waals surface area contributed by atoms with Crippen molar-refractivity contribution in [2.45, 2.75) is 71.4 Å². The van der Waals surface area contributed by atoms with Crippen LogP contribution in [0.15, 0.2) is 0 Å². The van der Waals surface area contributed by atoms with Crippen LogP contribution in [-0.4, -0.2) is 15.0 Å². The molecule has 0 saturated carbocycles. The molecular weight excluding hydrogens is 204 g/mol. The summed E-state index contributed by atoms with van der Waals surface area (Å²) in [5, 5.41) is 0. The normalized spacial score (nSPS) is 10.7. The van der Waals surface area contributed by atoms with Crippen LogP contribution in [0, 0.1) is 0 Å². The zero-order valence-electron chi connectivity index (χ0n) is 10.6. The van der Waals surface area contributed by atoms with Crippen LogP contribution in [-0.2, 0) is 9.22 Å². The van der Waals surface area contributed by atoms with Gasteiger partial charge in [-0.15, -0.1) is 0 Å². The maximum Gasteiger partial charge on any atom is 0.292 e. The van der Waals surface area contributed by atoms with Crippen LogP contribution in [0.1, 0.15) is 58.3 Å². The summed E-state index contributed by atoms with van der Waals surface area (Å²) in [6, 6.07) is 0. The highest BCUT2D eigenvalue weighted by Gasteiger charge is 2.05. The van der Waals surface area contributed by atoms with E-state index in [1.165, 1.54) is 38.5 Å². The lowest BCUT2D eigenvalue weighted by atomic mass is 10.1. The van der Waals surface area contributed by atoms with Gasteiger partial charge in [0.2, 0.25) is 9.04 Å². The summed E-state index contributed by atoms with van der Waals surface area (Å²) in [5.41, 5.74) is 0. The van der Waals surface area contributed by atoms with E-state index in [0.717, 1.165) is 6.42 Å². The number of carbonyl (C=O) groups excluding carboxylic acids is 1. The summed E-state index contributed by atoms with van der Waals surface area (Å²) in [7, 11) is -1.15. The molecule has 0 rings (SSSR count). The summed E-state index contributed by atoms with van der Waals surface area (Å²) >= 11 is 0. The van der Waals surface area contributed by atoms with E-state index in [1.807, 2.05) is 13.1 Å². The van der Waals surface area contributed by atoms with Crippen molar-refractivity contribution in [3.05, 3.63) is 0 Å². The molecule has 3 heteroatoms. The Morgan fingerprint density at radius 3 is 2.07 bits per heavy atom. The SMILES string of the molecule is CCCCCCCCCC(=O)O[SiH](C)C. The van der Waals surface area contributed by atoms with Crippen molar-refractivity contribution >= 4 is 15.0 Å². The summed E-state index contributed by atoms with van der Waals surface area (Å²) < 4.78 is 5.20. The quantitative estimate of drug-likeness (QED) is 0.446. The first kappa shape index (κ1) is 14.7. The van der Waals surface area contributed by atoms with Gasteiger partial charge in [-0.05, 0) is 19.5 Å². The molecule has 0 saturated heterocycles. The molecule has 0 N–H and O–H groups in total. The molecule has 0 aliphatic rings. The van der Waals surface area contributed by atoms with Gasteiger partial charge >= 0.3 is 0 Å². The van der Waals surface area contributed by atoms with Crippen molar-refractivity contribution in [1.29, 1.82) is 0 Å². The van der Waals surface area contributed by atoms with Crippen molar-refractivity contribution < 1.29 is 9.22 Å². The third-order valence-electron chi connectivity index (χ3n) is 2.35. The smallest absolute Gasteiger partial charge is 0.292 e. The summed E-state index contributed by atoms with van der Waals surface area (Å²) in [6.45, 7) is 6.29. The fraction of sp³-hybridized carbons (Fsp3) is 0.917. The molecular formula is C12H26O2Si. The third kappa shape index (κ3) is 11.6. The van der Waals surface area contributed by atoms with Crippen LogP contribution < -0.4 is 0 Å². The molecule has 0 atom stereocenters. The maximum atomic E-state index is 11.2. The van der Waals surface area contributed by atoms with Gasteiger partial charge in [0.05, 0.1) is 0 Å².